The number of nitrogens with one attached hydrogen (secondary N) is 1. The third-order valence-corrected chi connectivity index (χ3v) is 5.66. The largest absolute Gasteiger partial charge is 0.481 e. The molecule has 3 rings (SSSR count). The third kappa shape index (κ3) is 5.72. The van der Waals surface area contributed by atoms with Gasteiger partial charge in [-0.25, -0.2) is 4.39 Å². The van der Waals surface area contributed by atoms with Gasteiger partial charge in [-0.15, -0.1) is 0 Å². The molecule has 1 N–H and O–H groups in total. The summed E-state index contributed by atoms with van der Waals surface area (Å²) in [4.78, 5) is 15.1. The smallest absolute Gasteiger partial charge is 0.261 e. The number of ether oxygens (including phenoxy) is 1. The zero-order chi connectivity index (χ0) is 20.8. The van der Waals surface area contributed by atoms with Crippen molar-refractivity contribution in [2.75, 3.05) is 18.0 Å². The van der Waals surface area contributed by atoms with E-state index in [1.165, 1.54) is 42.8 Å². The van der Waals surface area contributed by atoms with E-state index in [0.717, 1.165) is 24.6 Å². The van der Waals surface area contributed by atoms with Crippen LogP contribution in [-0.4, -0.2) is 25.1 Å². The van der Waals surface area contributed by atoms with Crippen LogP contribution in [0, 0.1) is 11.7 Å². The normalized spacial score (nSPS) is 16.9. The number of benzene rings is 2. The highest BCUT2D eigenvalue weighted by atomic mass is 19.1. The number of hydrogen-bond acceptors (Lipinski definition) is 3. The van der Waals surface area contributed by atoms with Crippen molar-refractivity contribution < 1.29 is 13.9 Å². The van der Waals surface area contributed by atoms with Crippen LogP contribution in [0.3, 0.4) is 0 Å². The molecule has 1 heterocycles. The summed E-state index contributed by atoms with van der Waals surface area (Å²) < 4.78 is 18.8. The molecule has 5 heteroatoms. The number of hydrogen-bond donors (Lipinski definition) is 1. The molecule has 0 unspecified atom stereocenters. The Labute approximate surface area is 173 Å². The zero-order valence-corrected chi connectivity index (χ0v) is 17.5. The molecule has 1 amide bonds. The van der Waals surface area contributed by atoms with Gasteiger partial charge in [0.2, 0.25) is 0 Å². The second-order valence-electron chi connectivity index (χ2n) is 7.96. The Hall–Kier alpha value is -2.56. The Balaban J connectivity index is 1.57. The summed E-state index contributed by atoms with van der Waals surface area (Å²) in [5.74, 6) is 0.801. The van der Waals surface area contributed by atoms with Gasteiger partial charge >= 0.3 is 0 Å². The molecule has 0 spiro atoms. The number of piperidine rings is 1. The van der Waals surface area contributed by atoms with Crippen LogP contribution in [0.15, 0.2) is 48.5 Å². The molecule has 0 aromatic heterocycles. The molecular formula is C24H31FN2O2. The van der Waals surface area contributed by atoms with Gasteiger partial charge in [0.15, 0.2) is 6.10 Å². The fraction of sp³-hybridized carbons (Fsp3) is 0.458. The fourth-order valence-electron chi connectivity index (χ4n) is 3.63. The summed E-state index contributed by atoms with van der Waals surface area (Å²) in [6, 6.07) is 14.0. The predicted octanol–water partition coefficient (Wildman–Crippen LogP) is 5.10. The number of amides is 1. The minimum absolute atomic E-state index is 0.121. The highest BCUT2D eigenvalue weighted by molar-refractivity contribution is 5.81. The molecule has 29 heavy (non-hydrogen) atoms. The highest BCUT2D eigenvalue weighted by Gasteiger charge is 2.21. The van der Waals surface area contributed by atoms with E-state index in [4.69, 9.17) is 4.74 Å². The third-order valence-electron chi connectivity index (χ3n) is 5.66. The van der Waals surface area contributed by atoms with E-state index in [-0.39, 0.29) is 17.8 Å². The van der Waals surface area contributed by atoms with Gasteiger partial charge in [-0.05, 0) is 74.1 Å². The van der Waals surface area contributed by atoms with E-state index in [9.17, 15) is 9.18 Å². The van der Waals surface area contributed by atoms with Crippen LogP contribution in [-0.2, 0) is 4.79 Å². The van der Waals surface area contributed by atoms with Gasteiger partial charge in [0, 0.05) is 18.8 Å². The molecule has 4 nitrogen and oxygen atoms in total. The lowest BCUT2D eigenvalue weighted by Gasteiger charge is -2.32. The summed E-state index contributed by atoms with van der Waals surface area (Å²) in [7, 11) is 0. The van der Waals surface area contributed by atoms with Crippen molar-refractivity contribution in [1.29, 1.82) is 0 Å². The molecule has 1 fully saturated rings. The van der Waals surface area contributed by atoms with Crippen LogP contribution < -0.4 is 15.0 Å². The van der Waals surface area contributed by atoms with Gasteiger partial charge in [0.1, 0.15) is 11.6 Å². The van der Waals surface area contributed by atoms with Gasteiger partial charge in [-0.1, -0.05) is 26.0 Å². The standard InChI is InChI=1S/C24H31FN2O2/c1-4-23(29-22-11-7-20(25)8-12-22)24(28)26-18(3)19-5-9-21(10-6-19)27-15-13-17(2)14-16-27/h5-12,17-18,23H,4,13-16H2,1-3H3,(H,26,28)/t18-,23-/m0/s1. The molecule has 1 saturated heterocycles. The lowest BCUT2D eigenvalue weighted by atomic mass is 9.98. The number of anilines is 1. The summed E-state index contributed by atoms with van der Waals surface area (Å²) in [5.41, 5.74) is 2.30. The van der Waals surface area contributed by atoms with Crippen molar-refractivity contribution in [3.05, 3.63) is 59.9 Å². The van der Waals surface area contributed by atoms with E-state index < -0.39 is 6.10 Å². The minimum atomic E-state index is -0.613. The summed E-state index contributed by atoms with van der Waals surface area (Å²) >= 11 is 0. The van der Waals surface area contributed by atoms with Crippen LogP contribution >= 0.6 is 0 Å². The van der Waals surface area contributed by atoms with Gasteiger partial charge < -0.3 is 15.0 Å². The summed E-state index contributed by atoms with van der Waals surface area (Å²) in [5, 5.41) is 3.03. The Morgan fingerprint density at radius 2 is 1.76 bits per heavy atom. The average Bonchev–Trinajstić information content (AvgIpc) is 2.74. The first-order chi connectivity index (χ1) is 14.0. The fourth-order valence-corrected chi connectivity index (χ4v) is 3.63. The second kappa shape index (κ2) is 9.77. The maximum absolute atomic E-state index is 13.1. The number of nitrogens with zero attached hydrogens (tertiary/aromatic N) is 1. The topological polar surface area (TPSA) is 41.6 Å². The molecule has 2 aromatic rings. The molecule has 0 saturated carbocycles. The van der Waals surface area contributed by atoms with Crippen molar-refractivity contribution in [3.63, 3.8) is 0 Å². The predicted molar refractivity (Wildman–Crippen MR) is 115 cm³/mol. The molecule has 2 atom stereocenters. The van der Waals surface area contributed by atoms with Crippen LogP contribution in [0.1, 0.15) is 51.6 Å². The van der Waals surface area contributed by atoms with E-state index >= 15 is 0 Å². The van der Waals surface area contributed by atoms with E-state index in [2.05, 4.69) is 41.4 Å². The number of halogens is 1. The average molecular weight is 399 g/mol. The molecule has 0 aliphatic carbocycles. The molecule has 0 bridgehead atoms. The maximum atomic E-state index is 13.1. The van der Waals surface area contributed by atoms with Crippen LogP contribution in [0.5, 0.6) is 5.75 Å². The van der Waals surface area contributed by atoms with Gasteiger partial charge in [-0.2, -0.15) is 0 Å². The molecule has 1 aliphatic heterocycles. The summed E-state index contributed by atoms with van der Waals surface area (Å²) in [6.07, 6.45) is 2.39. The Morgan fingerprint density at radius 1 is 1.14 bits per heavy atom. The van der Waals surface area contributed by atoms with Gasteiger partial charge in [0.25, 0.3) is 5.91 Å². The minimum Gasteiger partial charge on any atom is -0.481 e. The SMILES string of the molecule is CC[C@H](Oc1ccc(F)cc1)C(=O)N[C@@H](C)c1ccc(N2CCC(C)CC2)cc1. The summed E-state index contributed by atoms with van der Waals surface area (Å²) in [6.45, 7) is 8.39. The molecule has 156 valence electrons. The number of rotatable bonds is 7. The zero-order valence-electron chi connectivity index (χ0n) is 17.5. The van der Waals surface area contributed by atoms with Crippen molar-refractivity contribution in [2.45, 2.75) is 52.2 Å². The second-order valence-corrected chi connectivity index (χ2v) is 7.96. The van der Waals surface area contributed by atoms with Crippen molar-refractivity contribution in [3.8, 4) is 5.75 Å². The van der Waals surface area contributed by atoms with E-state index in [0.29, 0.717) is 12.2 Å². The van der Waals surface area contributed by atoms with Crippen LogP contribution in [0.2, 0.25) is 0 Å². The first kappa shape index (κ1) is 21.2. The van der Waals surface area contributed by atoms with E-state index in [1.807, 2.05) is 13.8 Å². The Morgan fingerprint density at radius 3 is 2.34 bits per heavy atom. The lowest BCUT2D eigenvalue weighted by Crippen LogP contribution is -2.39. The maximum Gasteiger partial charge on any atom is 0.261 e. The monoisotopic (exact) mass is 398 g/mol. The Kier molecular flexibility index (Phi) is 7.13. The lowest BCUT2D eigenvalue weighted by molar-refractivity contribution is -0.128. The van der Waals surface area contributed by atoms with Crippen LogP contribution in [0.25, 0.3) is 0 Å². The first-order valence-electron chi connectivity index (χ1n) is 10.5. The number of carbonyl (C=O) groups is 1. The molecule has 0 radical (unpaired) electrons. The highest BCUT2D eigenvalue weighted by Crippen LogP contribution is 2.25. The molecular weight excluding hydrogens is 367 g/mol. The van der Waals surface area contributed by atoms with Gasteiger partial charge in [0.05, 0.1) is 6.04 Å². The van der Waals surface area contributed by atoms with Crippen molar-refractivity contribution in [2.24, 2.45) is 5.92 Å². The first-order valence-corrected chi connectivity index (χ1v) is 10.5. The Bertz CT molecular complexity index is 784. The van der Waals surface area contributed by atoms with E-state index in [1.54, 1.807) is 0 Å². The molecule has 2 aromatic carbocycles. The van der Waals surface area contributed by atoms with Crippen LogP contribution in [0.4, 0.5) is 10.1 Å². The van der Waals surface area contributed by atoms with Crippen molar-refractivity contribution in [1.82, 2.24) is 5.32 Å². The molecule has 1 aliphatic rings. The van der Waals surface area contributed by atoms with Gasteiger partial charge in [-0.3, -0.25) is 4.79 Å². The van der Waals surface area contributed by atoms with Crippen molar-refractivity contribution >= 4 is 11.6 Å². The quantitative estimate of drug-likeness (QED) is 0.706. The number of carbonyl (C=O) groups excluding carboxylic acids is 1.